The molecular weight excluding hydrogens is 410 g/mol. The van der Waals surface area contributed by atoms with Gasteiger partial charge < -0.3 is 4.42 Å². The van der Waals surface area contributed by atoms with Gasteiger partial charge in [-0.05, 0) is 49.2 Å². The lowest BCUT2D eigenvalue weighted by atomic mass is 10.1. The van der Waals surface area contributed by atoms with Crippen LogP contribution in [0.15, 0.2) is 63.9 Å². The molecule has 1 aliphatic heterocycles. The van der Waals surface area contributed by atoms with Crippen molar-refractivity contribution in [3.63, 3.8) is 0 Å². The maximum Gasteiger partial charge on any atom is 0.270 e. The molecule has 1 saturated heterocycles. The molecule has 1 aliphatic rings. The summed E-state index contributed by atoms with van der Waals surface area (Å²) in [6.45, 7) is 3.92. The van der Waals surface area contributed by atoms with E-state index in [1.165, 1.54) is 11.8 Å². The van der Waals surface area contributed by atoms with Gasteiger partial charge in [0.1, 0.15) is 11.5 Å². The number of halogens is 1. The fourth-order valence-corrected chi connectivity index (χ4v) is 4.40. The molecule has 4 rings (SSSR count). The molecule has 0 N–H and O–H groups in total. The molecule has 140 valence electrons. The summed E-state index contributed by atoms with van der Waals surface area (Å²) in [5, 5.41) is 0.689. The van der Waals surface area contributed by atoms with Crippen LogP contribution in [0.1, 0.15) is 16.9 Å². The summed E-state index contributed by atoms with van der Waals surface area (Å²) in [7, 11) is 0. The van der Waals surface area contributed by atoms with Gasteiger partial charge in [0.05, 0.1) is 10.6 Å². The highest BCUT2D eigenvalue weighted by atomic mass is 35.5. The average Bonchev–Trinajstić information content (AvgIpc) is 3.23. The molecule has 0 atom stereocenters. The molecule has 1 fully saturated rings. The van der Waals surface area contributed by atoms with Gasteiger partial charge in [-0.25, -0.2) is 0 Å². The van der Waals surface area contributed by atoms with Crippen molar-refractivity contribution >= 4 is 57.6 Å². The topological polar surface area (TPSA) is 33.5 Å². The Morgan fingerprint density at radius 3 is 2.61 bits per heavy atom. The van der Waals surface area contributed by atoms with Crippen molar-refractivity contribution in [2.75, 3.05) is 4.90 Å². The Bertz CT molecular complexity index is 1130. The van der Waals surface area contributed by atoms with E-state index in [-0.39, 0.29) is 5.91 Å². The molecule has 3 nitrogen and oxygen atoms in total. The summed E-state index contributed by atoms with van der Waals surface area (Å²) in [6, 6.07) is 17.2. The number of aryl methyl sites for hydroxylation is 2. The molecule has 0 spiro atoms. The number of para-hydroxylation sites is 1. The highest BCUT2D eigenvalue weighted by molar-refractivity contribution is 8.27. The van der Waals surface area contributed by atoms with Gasteiger partial charge in [-0.15, -0.1) is 0 Å². The number of carbonyl (C=O) groups excluding carboxylic acids is 1. The first-order valence-corrected chi connectivity index (χ1v) is 10.2. The van der Waals surface area contributed by atoms with Crippen LogP contribution < -0.4 is 4.90 Å². The Balaban J connectivity index is 1.63. The monoisotopic (exact) mass is 425 g/mol. The number of hydrogen-bond acceptors (Lipinski definition) is 4. The second kappa shape index (κ2) is 7.59. The minimum atomic E-state index is -0.138. The van der Waals surface area contributed by atoms with E-state index in [2.05, 4.69) is 0 Å². The predicted molar refractivity (Wildman–Crippen MR) is 121 cm³/mol. The van der Waals surface area contributed by atoms with E-state index in [4.69, 9.17) is 28.2 Å². The zero-order chi connectivity index (χ0) is 19.8. The maximum atomic E-state index is 12.9. The number of nitrogens with zero attached hydrogens (tertiary/aromatic N) is 1. The number of amides is 1. The summed E-state index contributed by atoms with van der Waals surface area (Å²) in [4.78, 5) is 15.0. The van der Waals surface area contributed by atoms with Crippen LogP contribution in [-0.4, -0.2) is 10.2 Å². The summed E-state index contributed by atoms with van der Waals surface area (Å²) in [5.74, 6) is 1.15. The normalized spacial score (nSPS) is 15.7. The first-order chi connectivity index (χ1) is 13.4. The van der Waals surface area contributed by atoms with Gasteiger partial charge in [0.2, 0.25) is 0 Å². The molecule has 0 radical (unpaired) electrons. The molecule has 2 heterocycles. The highest BCUT2D eigenvalue weighted by Gasteiger charge is 2.34. The third kappa shape index (κ3) is 3.53. The van der Waals surface area contributed by atoms with Crippen molar-refractivity contribution in [1.29, 1.82) is 0 Å². The van der Waals surface area contributed by atoms with Gasteiger partial charge in [0.25, 0.3) is 5.91 Å². The minimum Gasteiger partial charge on any atom is -0.457 e. The van der Waals surface area contributed by atoms with Crippen molar-refractivity contribution in [1.82, 2.24) is 0 Å². The van der Waals surface area contributed by atoms with Gasteiger partial charge in [0, 0.05) is 16.7 Å². The smallest absolute Gasteiger partial charge is 0.270 e. The van der Waals surface area contributed by atoms with E-state index in [1.54, 1.807) is 11.0 Å². The van der Waals surface area contributed by atoms with E-state index in [0.717, 1.165) is 22.4 Å². The standard InChI is InChI=1S/C22H16ClNO2S2/c1-13-7-8-15(11-17(13)23)19-10-9-16(26-19)12-20-21(25)24(22(27)28-20)18-6-4-3-5-14(18)2/h3-12H,1-2H3. The Labute approximate surface area is 178 Å². The average molecular weight is 426 g/mol. The van der Waals surface area contributed by atoms with Gasteiger partial charge in [-0.3, -0.25) is 9.69 Å². The van der Waals surface area contributed by atoms with Gasteiger partial charge in [-0.1, -0.05) is 65.9 Å². The first kappa shape index (κ1) is 19.0. The molecule has 0 saturated carbocycles. The van der Waals surface area contributed by atoms with Crippen molar-refractivity contribution < 1.29 is 9.21 Å². The number of thiocarbonyl (C=S) groups is 1. The van der Waals surface area contributed by atoms with Crippen LogP contribution in [0.4, 0.5) is 5.69 Å². The number of furan rings is 1. The molecule has 0 bridgehead atoms. The molecule has 0 aliphatic carbocycles. The highest BCUT2D eigenvalue weighted by Crippen LogP contribution is 2.37. The van der Waals surface area contributed by atoms with E-state index in [1.807, 2.05) is 68.4 Å². The molecule has 3 aromatic rings. The van der Waals surface area contributed by atoms with E-state index >= 15 is 0 Å². The predicted octanol–water partition coefficient (Wildman–Crippen LogP) is 6.62. The fourth-order valence-electron chi connectivity index (χ4n) is 2.95. The molecule has 0 unspecified atom stereocenters. The molecule has 1 aromatic heterocycles. The zero-order valence-corrected chi connectivity index (χ0v) is 17.6. The van der Waals surface area contributed by atoms with E-state index < -0.39 is 0 Å². The van der Waals surface area contributed by atoms with Crippen LogP contribution in [0.25, 0.3) is 17.4 Å². The van der Waals surface area contributed by atoms with Gasteiger partial charge in [-0.2, -0.15) is 0 Å². The van der Waals surface area contributed by atoms with Crippen molar-refractivity contribution in [3.05, 3.63) is 81.4 Å². The summed E-state index contributed by atoms with van der Waals surface area (Å²) in [6.07, 6.45) is 1.73. The summed E-state index contributed by atoms with van der Waals surface area (Å²) >= 11 is 12.9. The van der Waals surface area contributed by atoms with Crippen molar-refractivity contribution in [3.8, 4) is 11.3 Å². The molecule has 2 aromatic carbocycles. The second-order valence-corrected chi connectivity index (χ2v) is 8.55. The number of carbonyl (C=O) groups is 1. The quantitative estimate of drug-likeness (QED) is 0.348. The minimum absolute atomic E-state index is 0.138. The van der Waals surface area contributed by atoms with Crippen LogP contribution in [0.5, 0.6) is 0 Å². The lowest BCUT2D eigenvalue weighted by molar-refractivity contribution is -0.113. The Morgan fingerprint density at radius 2 is 1.86 bits per heavy atom. The number of rotatable bonds is 3. The third-order valence-electron chi connectivity index (χ3n) is 4.51. The Morgan fingerprint density at radius 1 is 1.07 bits per heavy atom. The second-order valence-electron chi connectivity index (χ2n) is 6.47. The van der Waals surface area contributed by atoms with Crippen LogP contribution >= 0.6 is 35.6 Å². The number of thioether (sulfide) groups is 1. The van der Waals surface area contributed by atoms with Crippen LogP contribution in [0, 0.1) is 13.8 Å². The van der Waals surface area contributed by atoms with Crippen LogP contribution in [0.2, 0.25) is 5.02 Å². The maximum absolute atomic E-state index is 12.9. The van der Waals surface area contributed by atoms with Gasteiger partial charge >= 0.3 is 0 Å². The molecular formula is C22H16ClNO2S2. The molecule has 28 heavy (non-hydrogen) atoms. The van der Waals surface area contributed by atoms with Crippen molar-refractivity contribution in [2.45, 2.75) is 13.8 Å². The van der Waals surface area contributed by atoms with E-state index in [9.17, 15) is 4.79 Å². The summed E-state index contributed by atoms with van der Waals surface area (Å²) in [5.41, 5.74) is 3.71. The number of benzene rings is 2. The fraction of sp³-hybridized carbons (Fsp3) is 0.0909. The lowest BCUT2D eigenvalue weighted by Crippen LogP contribution is -2.28. The Hall–Kier alpha value is -2.34. The lowest BCUT2D eigenvalue weighted by Gasteiger charge is -2.16. The van der Waals surface area contributed by atoms with Crippen LogP contribution in [0.3, 0.4) is 0 Å². The van der Waals surface area contributed by atoms with E-state index in [0.29, 0.717) is 25.8 Å². The third-order valence-corrected chi connectivity index (χ3v) is 6.22. The van der Waals surface area contributed by atoms with Crippen LogP contribution in [-0.2, 0) is 4.79 Å². The van der Waals surface area contributed by atoms with Gasteiger partial charge in [0.15, 0.2) is 4.32 Å². The van der Waals surface area contributed by atoms with Crippen molar-refractivity contribution in [2.24, 2.45) is 0 Å². The Kier molecular flexibility index (Phi) is 5.15. The summed E-state index contributed by atoms with van der Waals surface area (Å²) < 4.78 is 6.43. The molecule has 6 heteroatoms. The number of anilines is 1. The first-order valence-electron chi connectivity index (χ1n) is 8.64. The SMILES string of the molecule is Cc1ccc(-c2ccc(C=C3SC(=S)N(c4ccccc4C)C3=O)o2)cc1Cl. The zero-order valence-electron chi connectivity index (χ0n) is 15.2. The molecule has 1 amide bonds. The largest absolute Gasteiger partial charge is 0.457 e. The number of hydrogen-bond donors (Lipinski definition) is 0.